The van der Waals surface area contributed by atoms with Gasteiger partial charge in [-0.25, -0.2) is 4.98 Å². The lowest BCUT2D eigenvalue weighted by molar-refractivity contribution is 0.286. The quantitative estimate of drug-likeness (QED) is 0.786. The van der Waals surface area contributed by atoms with Gasteiger partial charge in [0.25, 0.3) is 0 Å². The van der Waals surface area contributed by atoms with Crippen LogP contribution in [-0.2, 0) is 13.2 Å². The summed E-state index contributed by atoms with van der Waals surface area (Å²) in [5.41, 5.74) is 10.1. The zero-order chi connectivity index (χ0) is 15.5. The van der Waals surface area contributed by atoms with Crippen LogP contribution in [0.5, 0.6) is 5.75 Å². The van der Waals surface area contributed by atoms with Crippen molar-refractivity contribution in [2.75, 3.05) is 6.54 Å². The molecule has 4 heteroatoms. The Morgan fingerprint density at radius 3 is 2.50 bits per heavy atom. The van der Waals surface area contributed by atoms with Crippen LogP contribution >= 0.6 is 0 Å². The molecular weight excluding hydrogens is 274 g/mol. The van der Waals surface area contributed by atoms with Gasteiger partial charge in [0.2, 0.25) is 0 Å². The molecule has 1 aromatic heterocycles. The molecule has 0 aliphatic carbocycles. The molecule has 4 nitrogen and oxygen atoms in total. The van der Waals surface area contributed by atoms with Gasteiger partial charge in [0, 0.05) is 13.1 Å². The molecule has 2 N–H and O–H groups in total. The maximum atomic E-state index is 6.05. The number of fused-ring (bicyclic) bond motifs is 1. The second-order valence-electron chi connectivity index (χ2n) is 5.47. The average Bonchev–Trinajstić information content (AvgIpc) is 2.85. The Balaban J connectivity index is 1.92. The van der Waals surface area contributed by atoms with E-state index in [1.54, 1.807) is 0 Å². The second kappa shape index (κ2) is 6.20. The third-order valence-electron chi connectivity index (χ3n) is 3.84. The standard InChI is InChI=1S/C18H21N3O/c1-13-6-5-7-14(2)18(13)22-12-17-20-15-8-3-4-9-16(15)21(17)11-10-19/h3-9H,10-12,19H2,1-2H3. The predicted molar refractivity (Wildman–Crippen MR) is 89.0 cm³/mol. The fraction of sp³-hybridized carbons (Fsp3) is 0.278. The summed E-state index contributed by atoms with van der Waals surface area (Å²) >= 11 is 0. The smallest absolute Gasteiger partial charge is 0.148 e. The highest BCUT2D eigenvalue weighted by molar-refractivity contribution is 5.75. The maximum absolute atomic E-state index is 6.05. The molecular formula is C18H21N3O. The number of hydrogen-bond donors (Lipinski definition) is 1. The van der Waals surface area contributed by atoms with Gasteiger partial charge in [0.05, 0.1) is 11.0 Å². The summed E-state index contributed by atoms with van der Waals surface area (Å²) in [6.07, 6.45) is 0. The van der Waals surface area contributed by atoms with E-state index in [1.807, 2.05) is 24.3 Å². The third kappa shape index (κ3) is 2.70. The zero-order valence-corrected chi connectivity index (χ0v) is 13.0. The van der Waals surface area contributed by atoms with Crippen molar-refractivity contribution in [2.45, 2.75) is 27.0 Å². The molecule has 0 atom stereocenters. The van der Waals surface area contributed by atoms with Gasteiger partial charge >= 0.3 is 0 Å². The van der Waals surface area contributed by atoms with Crippen molar-refractivity contribution in [1.29, 1.82) is 0 Å². The van der Waals surface area contributed by atoms with Gasteiger partial charge in [-0.3, -0.25) is 0 Å². The number of hydrogen-bond acceptors (Lipinski definition) is 3. The molecule has 114 valence electrons. The summed E-state index contributed by atoms with van der Waals surface area (Å²) in [6, 6.07) is 14.3. The Kier molecular flexibility index (Phi) is 4.11. The Morgan fingerprint density at radius 2 is 1.77 bits per heavy atom. The highest BCUT2D eigenvalue weighted by Crippen LogP contribution is 2.24. The van der Waals surface area contributed by atoms with Crippen LogP contribution in [-0.4, -0.2) is 16.1 Å². The summed E-state index contributed by atoms with van der Waals surface area (Å²) in [7, 11) is 0. The van der Waals surface area contributed by atoms with Crippen molar-refractivity contribution >= 4 is 11.0 Å². The van der Waals surface area contributed by atoms with Crippen LogP contribution in [0.25, 0.3) is 11.0 Å². The number of nitrogens with two attached hydrogens (primary N) is 1. The number of nitrogens with zero attached hydrogens (tertiary/aromatic N) is 2. The summed E-state index contributed by atoms with van der Waals surface area (Å²) < 4.78 is 8.19. The highest BCUT2D eigenvalue weighted by Gasteiger charge is 2.11. The molecule has 3 aromatic rings. The van der Waals surface area contributed by atoms with Crippen molar-refractivity contribution in [3.63, 3.8) is 0 Å². The third-order valence-corrected chi connectivity index (χ3v) is 3.84. The highest BCUT2D eigenvalue weighted by atomic mass is 16.5. The number of imidazole rings is 1. The number of benzene rings is 2. The predicted octanol–water partition coefficient (Wildman–Crippen LogP) is 3.19. The maximum Gasteiger partial charge on any atom is 0.148 e. The van der Waals surface area contributed by atoms with Gasteiger partial charge in [-0.1, -0.05) is 30.3 Å². The van der Waals surface area contributed by atoms with E-state index < -0.39 is 0 Å². The SMILES string of the molecule is Cc1cccc(C)c1OCc1nc2ccccc2n1CCN. The first-order valence-corrected chi connectivity index (χ1v) is 7.54. The lowest BCUT2D eigenvalue weighted by Crippen LogP contribution is -2.14. The number of aryl methyl sites for hydroxylation is 2. The molecule has 0 aliphatic heterocycles. The van der Waals surface area contributed by atoms with Crippen molar-refractivity contribution < 1.29 is 4.74 Å². The summed E-state index contributed by atoms with van der Waals surface area (Å²) in [6.45, 7) is 5.89. The van der Waals surface area contributed by atoms with Crippen LogP contribution in [0.2, 0.25) is 0 Å². The van der Waals surface area contributed by atoms with E-state index in [1.165, 1.54) is 0 Å². The van der Waals surface area contributed by atoms with Crippen LogP contribution in [0.1, 0.15) is 17.0 Å². The van der Waals surface area contributed by atoms with Crippen LogP contribution in [0.4, 0.5) is 0 Å². The fourth-order valence-corrected chi connectivity index (χ4v) is 2.78. The van der Waals surface area contributed by atoms with Gasteiger partial charge in [-0.15, -0.1) is 0 Å². The van der Waals surface area contributed by atoms with E-state index in [2.05, 4.69) is 41.6 Å². The zero-order valence-electron chi connectivity index (χ0n) is 13.0. The van der Waals surface area contributed by atoms with Crippen LogP contribution in [0.15, 0.2) is 42.5 Å². The fourth-order valence-electron chi connectivity index (χ4n) is 2.78. The number of rotatable bonds is 5. The van der Waals surface area contributed by atoms with E-state index in [0.29, 0.717) is 13.2 Å². The van der Waals surface area contributed by atoms with Crippen molar-refractivity contribution in [3.8, 4) is 5.75 Å². The molecule has 0 saturated heterocycles. The number of aromatic nitrogens is 2. The van der Waals surface area contributed by atoms with Crippen molar-refractivity contribution in [3.05, 3.63) is 59.4 Å². The minimum Gasteiger partial charge on any atom is -0.485 e. The molecule has 0 amide bonds. The first-order valence-electron chi connectivity index (χ1n) is 7.54. The lowest BCUT2D eigenvalue weighted by atomic mass is 10.1. The molecule has 0 radical (unpaired) electrons. The van der Waals surface area contributed by atoms with Crippen LogP contribution in [0.3, 0.4) is 0 Å². The van der Waals surface area contributed by atoms with Crippen LogP contribution < -0.4 is 10.5 Å². The van der Waals surface area contributed by atoms with Gasteiger partial charge in [-0.05, 0) is 37.1 Å². The topological polar surface area (TPSA) is 53.1 Å². The Labute approximate surface area is 130 Å². The molecule has 0 bridgehead atoms. The van der Waals surface area contributed by atoms with Gasteiger partial charge in [-0.2, -0.15) is 0 Å². The number of ether oxygens (including phenoxy) is 1. The van der Waals surface area contributed by atoms with Gasteiger partial charge in [0.15, 0.2) is 0 Å². The summed E-state index contributed by atoms with van der Waals surface area (Å²) in [4.78, 5) is 4.69. The Hall–Kier alpha value is -2.33. The van der Waals surface area contributed by atoms with Gasteiger partial charge < -0.3 is 15.0 Å². The van der Waals surface area contributed by atoms with Crippen LogP contribution in [0, 0.1) is 13.8 Å². The van der Waals surface area contributed by atoms with E-state index in [9.17, 15) is 0 Å². The van der Waals surface area contributed by atoms with Crippen molar-refractivity contribution in [2.24, 2.45) is 5.73 Å². The average molecular weight is 295 g/mol. The molecule has 0 spiro atoms. The second-order valence-corrected chi connectivity index (χ2v) is 5.47. The summed E-state index contributed by atoms with van der Waals surface area (Å²) in [5.74, 6) is 1.85. The largest absolute Gasteiger partial charge is 0.485 e. The van der Waals surface area contributed by atoms with E-state index in [0.717, 1.165) is 40.3 Å². The summed E-state index contributed by atoms with van der Waals surface area (Å²) in [5, 5.41) is 0. The molecule has 3 rings (SSSR count). The minimum absolute atomic E-state index is 0.445. The molecule has 0 fully saturated rings. The Bertz CT molecular complexity index is 772. The van der Waals surface area contributed by atoms with Gasteiger partial charge in [0.1, 0.15) is 18.2 Å². The molecule has 0 aliphatic rings. The van der Waals surface area contributed by atoms with E-state index in [-0.39, 0.29) is 0 Å². The monoisotopic (exact) mass is 295 g/mol. The van der Waals surface area contributed by atoms with E-state index in [4.69, 9.17) is 10.5 Å². The molecule has 22 heavy (non-hydrogen) atoms. The number of para-hydroxylation sites is 3. The molecule has 1 heterocycles. The normalized spacial score (nSPS) is 11.0. The minimum atomic E-state index is 0.445. The lowest BCUT2D eigenvalue weighted by Gasteiger charge is -2.13. The first kappa shape index (κ1) is 14.6. The first-order chi connectivity index (χ1) is 10.7. The molecule has 0 saturated carbocycles. The van der Waals surface area contributed by atoms with E-state index >= 15 is 0 Å². The van der Waals surface area contributed by atoms with Crippen molar-refractivity contribution in [1.82, 2.24) is 9.55 Å². The Morgan fingerprint density at radius 1 is 1.05 bits per heavy atom. The molecule has 2 aromatic carbocycles. The molecule has 0 unspecified atom stereocenters.